The maximum atomic E-state index is 11.5. The standard InChI is InChI=1S/C11H12I2O6S/c1-11(2,3)19-10(14)18-6-4-7(12)9(8(13)5-6)20(15,16)17/h4-5H,1-3H3,(H,15,16,17)/p-1. The van der Waals surface area contributed by atoms with E-state index in [1.807, 2.05) is 0 Å². The fourth-order valence-electron chi connectivity index (χ4n) is 1.20. The maximum Gasteiger partial charge on any atom is 0.514 e. The summed E-state index contributed by atoms with van der Waals surface area (Å²) in [5, 5.41) is 0. The molecule has 0 aromatic heterocycles. The molecule has 0 amide bonds. The van der Waals surface area contributed by atoms with Gasteiger partial charge in [0.25, 0.3) is 0 Å². The number of benzene rings is 1. The van der Waals surface area contributed by atoms with Gasteiger partial charge >= 0.3 is 6.16 Å². The molecule has 0 unspecified atom stereocenters. The Kier molecular flexibility index (Phi) is 5.66. The predicted octanol–water partition coefficient (Wildman–Crippen LogP) is 3.11. The Hall–Kier alpha value is -0.140. The molecule has 6 nitrogen and oxygen atoms in total. The summed E-state index contributed by atoms with van der Waals surface area (Å²) in [6.07, 6.45) is -0.901. The van der Waals surface area contributed by atoms with Gasteiger partial charge in [0.2, 0.25) is 0 Å². The zero-order valence-electron chi connectivity index (χ0n) is 10.8. The summed E-state index contributed by atoms with van der Waals surface area (Å²) in [4.78, 5) is 11.2. The zero-order chi connectivity index (χ0) is 15.7. The highest BCUT2D eigenvalue weighted by atomic mass is 127. The molecule has 0 aliphatic rings. The number of rotatable bonds is 2. The predicted molar refractivity (Wildman–Crippen MR) is 86.7 cm³/mol. The summed E-state index contributed by atoms with van der Waals surface area (Å²) in [6, 6.07) is 2.58. The molecular weight excluding hydrogens is 514 g/mol. The molecule has 0 N–H and O–H groups in total. The van der Waals surface area contributed by atoms with Gasteiger partial charge in [0.05, 0.1) is 4.90 Å². The molecule has 0 aliphatic carbocycles. The molecule has 0 saturated carbocycles. The van der Waals surface area contributed by atoms with E-state index in [0.717, 1.165) is 0 Å². The van der Waals surface area contributed by atoms with Gasteiger partial charge in [-0.15, -0.1) is 0 Å². The maximum absolute atomic E-state index is 11.5. The molecule has 112 valence electrons. The van der Waals surface area contributed by atoms with Crippen LogP contribution in [0.25, 0.3) is 0 Å². The highest BCUT2D eigenvalue weighted by molar-refractivity contribution is 14.1. The van der Waals surface area contributed by atoms with E-state index in [1.165, 1.54) is 12.1 Å². The monoisotopic (exact) mass is 525 g/mol. The van der Waals surface area contributed by atoms with Crippen LogP contribution in [-0.4, -0.2) is 24.7 Å². The Morgan fingerprint density at radius 2 is 1.65 bits per heavy atom. The Balaban J connectivity index is 3.04. The molecule has 0 saturated heterocycles. The lowest BCUT2D eigenvalue weighted by Crippen LogP contribution is -2.26. The van der Waals surface area contributed by atoms with Crippen molar-refractivity contribution in [2.75, 3.05) is 0 Å². The van der Waals surface area contributed by atoms with E-state index in [-0.39, 0.29) is 17.8 Å². The Morgan fingerprint density at radius 3 is 2.00 bits per heavy atom. The van der Waals surface area contributed by atoms with Gasteiger partial charge in [0, 0.05) is 7.14 Å². The molecular formula is C11H11I2O6S-. The molecule has 0 fully saturated rings. The first-order valence-corrected chi connectivity index (χ1v) is 8.82. The van der Waals surface area contributed by atoms with Crippen LogP contribution >= 0.6 is 45.2 Å². The van der Waals surface area contributed by atoms with Crippen molar-refractivity contribution in [1.29, 1.82) is 0 Å². The van der Waals surface area contributed by atoms with Crippen molar-refractivity contribution in [1.82, 2.24) is 0 Å². The fourth-order valence-corrected chi connectivity index (χ4v) is 5.13. The normalized spacial score (nSPS) is 12.1. The first kappa shape index (κ1) is 17.9. The van der Waals surface area contributed by atoms with Crippen molar-refractivity contribution in [2.24, 2.45) is 0 Å². The number of halogens is 2. The van der Waals surface area contributed by atoms with Crippen LogP contribution in [0.2, 0.25) is 0 Å². The highest BCUT2D eigenvalue weighted by Gasteiger charge is 2.20. The molecule has 0 heterocycles. The summed E-state index contributed by atoms with van der Waals surface area (Å²) in [5.74, 6) is 0.112. The third kappa shape index (κ3) is 5.33. The molecule has 1 aromatic carbocycles. The van der Waals surface area contributed by atoms with Gasteiger partial charge < -0.3 is 14.0 Å². The zero-order valence-corrected chi connectivity index (χ0v) is 15.9. The van der Waals surface area contributed by atoms with Crippen molar-refractivity contribution in [3.8, 4) is 5.75 Å². The topological polar surface area (TPSA) is 92.7 Å². The van der Waals surface area contributed by atoms with Crippen molar-refractivity contribution >= 4 is 61.5 Å². The van der Waals surface area contributed by atoms with Gasteiger partial charge in [-0.3, -0.25) is 0 Å². The molecule has 0 radical (unpaired) electrons. The van der Waals surface area contributed by atoms with Crippen LogP contribution in [0.1, 0.15) is 20.8 Å². The summed E-state index contributed by atoms with van der Waals surface area (Å²) in [6.45, 7) is 5.07. The average molecular weight is 525 g/mol. The van der Waals surface area contributed by atoms with Crippen LogP contribution in [0, 0.1) is 7.14 Å². The molecule has 20 heavy (non-hydrogen) atoms. The van der Waals surface area contributed by atoms with Crippen LogP contribution in [0.3, 0.4) is 0 Å². The second kappa shape index (κ2) is 6.32. The van der Waals surface area contributed by atoms with E-state index in [2.05, 4.69) is 0 Å². The quantitative estimate of drug-likeness (QED) is 0.255. The van der Waals surface area contributed by atoms with Crippen molar-refractivity contribution in [3.63, 3.8) is 0 Å². The SMILES string of the molecule is CC(C)(C)OC(=O)Oc1cc(I)c(S(=O)(=O)[O-])c(I)c1. The minimum absolute atomic E-state index is 0.112. The second-order valence-corrected chi connectivity index (χ2v) is 8.38. The lowest BCUT2D eigenvalue weighted by molar-refractivity contribution is 0.0206. The van der Waals surface area contributed by atoms with Crippen molar-refractivity contribution < 1.29 is 27.2 Å². The van der Waals surface area contributed by atoms with Crippen LogP contribution in [0.4, 0.5) is 4.79 Å². The number of carbonyl (C=O) groups excluding carboxylic acids is 1. The molecule has 9 heteroatoms. The van der Waals surface area contributed by atoms with E-state index in [0.29, 0.717) is 0 Å². The number of hydrogen-bond acceptors (Lipinski definition) is 6. The minimum atomic E-state index is -4.57. The van der Waals surface area contributed by atoms with Crippen LogP contribution in [-0.2, 0) is 14.9 Å². The lowest BCUT2D eigenvalue weighted by Gasteiger charge is -2.19. The van der Waals surface area contributed by atoms with Gasteiger partial charge in [-0.2, -0.15) is 0 Å². The second-order valence-electron chi connectivity index (χ2n) is 4.74. The molecule has 0 atom stereocenters. The Labute approximate surface area is 144 Å². The fraction of sp³-hybridized carbons (Fsp3) is 0.364. The third-order valence-corrected chi connectivity index (χ3v) is 5.19. The summed E-state index contributed by atoms with van der Waals surface area (Å²) < 4.78 is 43.6. The lowest BCUT2D eigenvalue weighted by atomic mass is 10.2. The highest BCUT2D eigenvalue weighted by Crippen LogP contribution is 2.29. The van der Waals surface area contributed by atoms with E-state index in [1.54, 1.807) is 66.0 Å². The van der Waals surface area contributed by atoms with Gasteiger partial charge in [0.15, 0.2) is 0 Å². The largest absolute Gasteiger partial charge is 0.744 e. The Bertz CT molecular complexity index is 610. The van der Waals surface area contributed by atoms with Crippen LogP contribution in [0.15, 0.2) is 17.0 Å². The number of hydrogen-bond donors (Lipinski definition) is 0. The van der Waals surface area contributed by atoms with E-state index < -0.39 is 21.9 Å². The van der Waals surface area contributed by atoms with Gasteiger partial charge in [0.1, 0.15) is 21.5 Å². The van der Waals surface area contributed by atoms with Gasteiger partial charge in [-0.05, 0) is 78.1 Å². The third-order valence-electron chi connectivity index (χ3n) is 1.81. The van der Waals surface area contributed by atoms with E-state index >= 15 is 0 Å². The molecule has 0 aliphatic heterocycles. The van der Waals surface area contributed by atoms with Crippen molar-refractivity contribution in [3.05, 3.63) is 19.3 Å². The van der Waals surface area contributed by atoms with Gasteiger partial charge in [-0.1, -0.05) is 0 Å². The first-order valence-electron chi connectivity index (χ1n) is 5.26. The van der Waals surface area contributed by atoms with Gasteiger partial charge in [-0.25, -0.2) is 13.2 Å². The molecule has 1 aromatic rings. The number of ether oxygens (including phenoxy) is 2. The van der Waals surface area contributed by atoms with Crippen molar-refractivity contribution in [2.45, 2.75) is 31.3 Å². The molecule has 1 rings (SSSR count). The van der Waals surface area contributed by atoms with E-state index in [4.69, 9.17) is 9.47 Å². The Morgan fingerprint density at radius 1 is 1.20 bits per heavy atom. The smallest absolute Gasteiger partial charge is 0.514 e. The van der Waals surface area contributed by atoms with Crippen LogP contribution in [0.5, 0.6) is 5.75 Å². The minimum Gasteiger partial charge on any atom is -0.744 e. The van der Waals surface area contributed by atoms with Crippen LogP contribution < -0.4 is 4.74 Å². The molecule has 0 bridgehead atoms. The average Bonchev–Trinajstić information content (AvgIpc) is 2.08. The summed E-state index contributed by atoms with van der Waals surface area (Å²) in [5.41, 5.74) is -0.699. The first-order chi connectivity index (χ1) is 8.90. The summed E-state index contributed by atoms with van der Waals surface area (Å²) >= 11 is 3.39. The molecule has 0 spiro atoms. The summed E-state index contributed by atoms with van der Waals surface area (Å²) in [7, 11) is -4.57. The van der Waals surface area contributed by atoms with E-state index in [9.17, 15) is 17.8 Å². The number of carbonyl (C=O) groups is 1.